The van der Waals surface area contributed by atoms with E-state index < -0.39 is 68.0 Å². The Labute approximate surface area is 137 Å². The van der Waals surface area contributed by atoms with E-state index in [0.29, 0.717) is 6.41 Å². The Hall–Kier alpha value is -0.890. The van der Waals surface area contributed by atoms with E-state index in [0.717, 1.165) is 0 Å². The van der Waals surface area contributed by atoms with Crippen LogP contribution in [0.4, 0.5) is 0 Å². The Morgan fingerprint density at radius 2 is 1.71 bits per heavy atom. The maximum atomic E-state index is 10.7. The molecule has 10 atom stereocenters. The van der Waals surface area contributed by atoms with Gasteiger partial charge in [-0.2, -0.15) is 0 Å². The molecule has 0 aromatic heterocycles. The molecule has 11 heteroatoms. The standard InChI is InChI=1S/C13H23NO10/c1-4-6(14-3-16)11(10(20)12(21)22-4)24-13-9(19)8(18)7(17)5(2-15)23-13/h3-13,15,17-21H,2H2,1H3,(H,14,16)/t4-,5-,6-,7-,8+,9+,10+,11+,12+,13-/m1/s1. The molecule has 1 amide bonds. The Morgan fingerprint density at radius 1 is 1.04 bits per heavy atom. The number of ether oxygens (including phenoxy) is 3. The van der Waals surface area contributed by atoms with Crippen molar-refractivity contribution < 1.29 is 49.6 Å². The lowest BCUT2D eigenvalue weighted by Crippen LogP contribution is -2.66. The van der Waals surface area contributed by atoms with Crippen molar-refractivity contribution >= 4 is 6.41 Å². The maximum absolute atomic E-state index is 10.7. The number of aliphatic hydroxyl groups excluding tert-OH is 6. The maximum Gasteiger partial charge on any atom is 0.207 e. The van der Waals surface area contributed by atoms with E-state index in [4.69, 9.17) is 19.3 Å². The van der Waals surface area contributed by atoms with Crippen LogP contribution in [0.1, 0.15) is 6.92 Å². The minimum absolute atomic E-state index is 0.360. The van der Waals surface area contributed by atoms with Gasteiger partial charge >= 0.3 is 0 Å². The van der Waals surface area contributed by atoms with Crippen molar-refractivity contribution in [3.8, 4) is 0 Å². The summed E-state index contributed by atoms with van der Waals surface area (Å²) in [5.74, 6) is 0. The van der Waals surface area contributed by atoms with Gasteiger partial charge in [-0.15, -0.1) is 0 Å². The van der Waals surface area contributed by atoms with Gasteiger partial charge in [0.25, 0.3) is 0 Å². The highest BCUT2D eigenvalue weighted by molar-refractivity contribution is 5.47. The van der Waals surface area contributed by atoms with Crippen molar-refractivity contribution in [1.29, 1.82) is 0 Å². The molecule has 0 aromatic rings. The summed E-state index contributed by atoms with van der Waals surface area (Å²) in [7, 11) is 0. The number of carbonyl (C=O) groups is 1. The number of carbonyl (C=O) groups excluding carboxylic acids is 1. The Kier molecular flexibility index (Phi) is 6.47. The van der Waals surface area contributed by atoms with Gasteiger partial charge in [0.1, 0.15) is 36.6 Å². The number of hydrogen-bond donors (Lipinski definition) is 7. The number of nitrogens with one attached hydrogen (secondary N) is 1. The first kappa shape index (κ1) is 19.4. The van der Waals surface area contributed by atoms with Crippen LogP contribution in [0.15, 0.2) is 0 Å². The van der Waals surface area contributed by atoms with Crippen LogP contribution in [0.2, 0.25) is 0 Å². The monoisotopic (exact) mass is 353 g/mol. The molecule has 24 heavy (non-hydrogen) atoms. The van der Waals surface area contributed by atoms with Gasteiger partial charge in [0.05, 0.1) is 18.8 Å². The van der Waals surface area contributed by atoms with E-state index in [1.807, 2.05) is 0 Å². The molecule has 2 saturated heterocycles. The number of amides is 1. The number of hydrogen-bond acceptors (Lipinski definition) is 10. The Morgan fingerprint density at radius 3 is 2.29 bits per heavy atom. The van der Waals surface area contributed by atoms with Crippen molar-refractivity contribution in [3.05, 3.63) is 0 Å². The van der Waals surface area contributed by atoms with Crippen molar-refractivity contribution in [1.82, 2.24) is 5.32 Å². The molecule has 0 spiro atoms. The van der Waals surface area contributed by atoms with Crippen molar-refractivity contribution in [3.63, 3.8) is 0 Å². The third-order valence-corrected chi connectivity index (χ3v) is 4.24. The van der Waals surface area contributed by atoms with Crippen LogP contribution in [-0.2, 0) is 19.0 Å². The van der Waals surface area contributed by atoms with Crippen LogP contribution in [0.5, 0.6) is 0 Å². The summed E-state index contributed by atoms with van der Waals surface area (Å²) in [6.45, 7) is 0.885. The molecule has 0 saturated carbocycles. The van der Waals surface area contributed by atoms with Crippen LogP contribution in [-0.4, -0.2) is 105 Å². The molecular weight excluding hydrogens is 330 g/mol. The SMILES string of the molecule is C[C@H]1O[C@H](O)[C@@H](O)[C@@H](O[C@H]2O[C@H](CO)[C@@H](O)[C@H](O)[C@@H]2O)[C@@H]1NC=O. The summed E-state index contributed by atoms with van der Waals surface area (Å²) < 4.78 is 15.7. The second-order valence-electron chi connectivity index (χ2n) is 5.83. The van der Waals surface area contributed by atoms with Gasteiger partial charge in [-0.25, -0.2) is 0 Å². The highest BCUT2D eigenvalue weighted by atomic mass is 16.7. The fourth-order valence-corrected chi connectivity index (χ4v) is 2.84. The summed E-state index contributed by atoms with van der Waals surface area (Å²) >= 11 is 0. The van der Waals surface area contributed by atoms with Gasteiger partial charge in [0.2, 0.25) is 6.41 Å². The Bertz CT molecular complexity index is 424. The van der Waals surface area contributed by atoms with Gasteiger partial charge in [0.15, 0.2) is 12.6 Å². The first-order valence-electron chi connectivity index (χ1n) is 7.49. The lowest BCUT2D eigenvalue weighted by Gasteiger charge is -2.46. The predicted octanol–water partition coefficient (Wildman–Crippen LogP) is -4.62. The van der Waals surface area contributed by atoms with E-state index in [2.05, 4.69) is 5.32 Å². The molecule has 2 fully saturated rings. The predicted molar refractivity (Wildman–Crippen MR) is 74.2 cm³/mol. The number of aliphatic hydroxyl groups is 6. The zero-order chi connectivity index (χ0) is 18.0. The molecule has 2 rings (SSSR count). The fraction of sp³-hybridized carbons (Fsp3) is 0.923. The smallest absolute Gasteiger partial charge is 0.207 e. The molecule has 0 unspecified atom stereocenters. The molecule has 11 nitrogen and oxygen atoms in total. The van der Waals surface area contributed by atoms with E-state index in [-0.39, 0.29) is 0 Å². The molecule has 2 heterocycles. The first-order chi connectivity index (χ1) is 11.3. The molecule has 0 aliphatic carbocycles. The summed E-state index contributed by atoms with van der Waals surface area (Å²) in [5, 5.41) is 60.8. The second kappa shape index (κ2) is 7.99. The van der Waals surface area contributed by atoms with Crippen LogP contribution in [0.3, 0.4) is 0 Å². The normalized spacial score (nSPS) is 49.6. The molecule has 7 N–H and O–H groups in total. The zero-order valence-electron chi connectivity index (χ0n) is 12.9. The summed E-state index contributed by atoms with van der Waals surface area (Å²) in [4.78, 5) is 10.7. The molecule has 2 aliphatic rings. The molecular formula is C13H23NO10. The van der Waals surface area contributed by atoms with Crippen molar-refractivity contribution in [2.24, 2.45) is 0 Å². The third kappa shape index (κ3) is 3.69. The zero-order valence-corrected chi connectivity index (χ0v) is 12.9. The largest absolute Gasteiger partial charge is 0.394 e. The molecule has 140 valence electrons. The fourth-order valence-electron chi connectivity index (χ4n) is 2.84. The summed E-state index contributed by atoms with van der Waals surface area (Å²) in [5.41, 5.74) is 0. The van der Waals surface area contributed by atoms with Gasteiger partial charge in [-0.3, -0.25) is 4.79 Å². The molecule has 0 bridgehead atoms. The van der Waals surface area contributed by atoms with Gasteiger partial charge in [-0.05, 0) is 6.92 Å². The lowest BCUT2D eigenvalue weighted by atomic mass is 9.95. The quantitative estimate of drug-likeness (QED) is 0.238. The molecule has 2 aliphatic heterocycles. The van der Waals surface area contributed by atoms with E-state index >= 15 is 0 Å². The third-order valence-electron chi connectivity index (χ3n) is 4.24. The van der Waals surface area contributed by atoms with Crippen molar-refractivity contribution in [2.75, 3.05) is 6.61 Å². The molecule has 0 aromatic carbocycles. The minimum Gasteiger partial charge on any atom is -0.394 e. The Balaban J connectivity index is 2.16. The summed E-state index contributed by atoms with van der Waals surface area (Å²) in [6, 6.07) is -0.881. The van der Waals surface area contributed by atoms with Gasteiger partial charge in [0, 0.05) is 0 Å². The van der Waals surface area contributed by atoms with E-state index in [9.17, 15) is 30.3 Å². The second-order valence-corrected chi connectivity index (χ2v) is 5.83. The van der Waals surface area contributed by atoms with Crippen LogP contribution < -0.4 is 5.32 Å². The van der Waals surface area contributed by atoms with E-state index in [1.165, 1.54) is 6.92 Å². The highest BCUT2D eigenvalue weighted by Gasteiger charge is 2.49. The van der Waals surface area contributed by atoms with Crippen molar-refractivity contribution in [2.45, 2.75) is 68.3 Å². The molecule has 0 radical (unpaired) electrons. The lowest BCUT2D eigenvalue weighted by molar-refractivity contribution is -0.341. The first-order valence-corrected chi connectivity index (χ1v) is 7.49. The van der Waals surface area contributed by atoms with Crippen LogP contribution in [0, 0.1) is 0 Å². The minimum atomic E-state index is -1.68. The average molecular weight is 353 g/mol. The van der Waals surface area contributed by atoms with Crippen LogP contribution in [0.25, 0.3) is 0 Å². The topological polar surface area (TPSA) is 178 Å². The van der Waals surface area contributed by atoms with Gasteiger partial charge < -0.3 is 50.2 Å². The highest BCUT2D eigenvalue weighted by Crippen LogP contribution is 2.28. The number of rotatable bonds is 5. The van der Waals surface area contributed by atoms with Gasteiger partial charge in [-0.1, -0.05) is 0 Å². The van der Waals surface area contributed by atoms with Crippen LogP contribution >= 0.6 is 0 Å². The summed E-state index contributed by atoms with van der Waals surface area (Å²) in [6.07, 6.45) is -12.4. The van der Waals surface area contributed by atoms with E-state index in [1.54, 1.807) is 0 Å². The average Bonchev–Trinajstić information content (AvgIpc) is 2.55.